The van der Waals surface area contributed by atoms with Crippen LogP contribution in [0.4, 0.5) is 0 Å². The Balaban J connectivity index is 0.00000288. The van der Waals surface area contributed by atoms with E-state index >= 15 is 0 Å². The number of nitrogens with zero attached hydrogens (tertiary/aromatic N) is 1. The molecule has 2 N–H and O–H groups in total. The summed E-state index contributed by atoms with van der Waals surface area (Å²) in [5.41, 5.74) is 6.84. The van der Waals surface area contributed by atoms with E-state index in [0.717, 1.165) is 17.7 Å². The number of halogens is 2. The summed E-state index contributed by atoms with van der Waals surface area (Å²) in [4.78, 5) is 13.9. The topological polar surface area (TPSA) is 55.6 Å². The Morgan fingerprint density at radius 3 is 2.42 bits per heavy atom. The Hall–Kier alpha value is -1.75. The van der Waals surface area contributed by atoms with E-state index in [9.17, 15) is 4.79 Å². The Labute approximate surface area is 154 Å². The Morgan fingerprint density at radius 2 is 1.79 bits per heavy atom. The first-order valence-corrected chi connectivity index (χ1v) is 7.89. The summed E-state index contributed by atoms with van der Waals surface area (Å²) in [6.07, 6.45) is 0.729. The molecule has 0 saturated carbocycles. The van der Waals surface area contributed by atoms with E-state index in [2.05, 4.69) is 0 Å². The van der Waals surface area contributed by atoms with Crippen molar-refractivity contribution in [3.63, 3.8) is 0 Å². The highest BCUT2D eigenvalue weighted by molar-refractivity contribution is 6.30. The number of rotatable bonds is 7. The van der Waals surface area contributed by atoms with Gasteiger partial charge in [-0.1, -0.05) is 41.9 Å². The molecule has 1 amide bonds. The average Bonchev–Trinajstić information content (AvgIpc) is 2.59. The van der Waals surface area contributed by atoms with Gasteiger partial charge >= 0.3 is 0 Å². The number of benzene rings is 2. The molecule has 0 fully saturated rings. The standard InChI is InChI=1S/C18H21ClN2O2.ClH/c1-21(18(22)17(20)14-6-3-2-4-7-14)12-5-13-23-16-10-8-15(19)9-11-16;/h2-4,6-11,17H,5,12-13,20H2,1H3;1H. The molecule has 0 spiro atoms. The van der Waals surface area contributed by atoms with Gasteiger partial charge in [-0.05, 0) is 36.2 Å². The summed E-state index contributed by atoms with van der Waals surface area (Å²) in [7, 11) is 1.76. The predicted molar refractivity (Wildman–Crippen MR) is 99.8 cm³/mol. The number of likely N-dealkylation sites (N-methyl/N-ethyl adjacent to an activating group) is 1. The molecule has 0 aliphatic carbocycles. The van der Waals surface area contributed by atoms with Crippen molar-refractivity contribution in [3.05, 3.63) is 65.2 Å². The van der Waals surface area contributed by atoms with Crippen molar-refractivity contribution in [2.75, 3.05) is 20.2 Å². The molecule has 1 atom stereocenters. The van der Waals surface area contributed by atoms with Crippen molar-refractivity contribution in [3.8, 4) is 5.75 Å². The summed E-state index contributed by atoms with van der Waals surface area (Å²) in [6, 6.07) is 16.0. The van der Waals surface area contributed by atoms with E-state index in [-0.39, 0.29) is 18.3 Å². The van der Waals surface area contributed by atoms with E-state index in [1.807, 2.05) is 42.5 Å². The highest BCUT2D eigenvalue weighted by Crippen LogP contribution is 2.16. The molecule has 2 aromatic rings. The predicted octanol–water partition coefficient (Wildman–Crippen LogP) is 3.69. The van der Waals surface area contributed by atoms with Crippen molar-refractivity contribution in [1.82, 2.24) is 4.90 Å². The molecule has 4 nitrogen and oxygen atoms in total. The third kappa shape index (κ3) is 6.04. The van der Waals surface area contributed by atoms with Crippen molar-refractivity contribution in [2.24, 2.45) is 5.73 Å². The van der Waals surface area contributed by atoms with Gasteiger partial charge in [0.25, 0.3) is 0 Å². The van der Waals surface area contributed by atoms with Crippen LogP contribution in [-0.4, -0.2) is 31.0 Å². The lowest BCUT2D eigenvalue weighted by Gasteiger charge is -2.21. The zero-order valence-electron chi connectivity index (χ0n) is 13.5. The van der Waals surface area contributed by atoms with Crippen LogP contribution in [0.1, 0.15) is 18.0 Å². The van der Waals surface area contributed by atoms with Crippen molar-refractivity contribution in [2.45, 2.75) is 12.5 Å². The maximum Gasteiger partial charge on any atom is 0.243 e. The zero-order chi connectivity index (χ0) is 16.7. The second-order valence-corrected chi connectivity index (χ2v) is 5.74. The van der Waals surface area contributed by atoms with Crippen LogP contribution in [0, 0.1) is 0 Å². The molecule has 0 heterocycles. The Morgan fingerprint density at radius 1 is 1.17 bits per heavy atom. The molecular weight excluding hydrogens is 347 g/mol. The minimum absolute atomic E-state index is 0. The van der Waals surface area contributed by atoms with Crippen molar-refractivity contribution >= 4 is 29.9 Å². The molecule has 0 bridgehead atoms. The van der Waals surface area contributed by atoms with Gasteiger partial charge in [0.15, 0.2) is 0 Å². The van der Waals surface area contributed by atoms with E-state index < -0.39 is 6.04 Å². The first-order chi connectivity index (χ1) is 11.1. The fraction of sp³-hybridized carbons (Fsp3) is 0.278. The monoisotopic (exact) mass is 368 g/mol. The number of nitrogens with two attached hydrogens (primary N) is 1. The minimum atomic E-state index is -0.626. The summed E-state index contributed by atoms with van der Waals surface area (Å²) >= 11 is 5.82. The number of hydrogen-bond acceptors (Lipinski definition) is 3. The molecule has 24 heavy (non-hydrogen) atoms. The molecule has 130 valence electrons. The molecule has 0 aliphatic heterocycles. The molecule has 2 rings (SSSR count). The van der Waals surface area contributed by atoms with E-state index in [1.165, 1.54) is 0 Å². The fourth-order valence-electron chi connectivity index (χ4n) is 2.17. The average molecular weight is 369 g/mol. The highest BCUT2D eigenvalue weighted by Gasteiger charge is 2.19. The van der Waals surface area contributed by atoms with Gasteiger partial charge in [0.1, 0.15) is 11.8 Å². The maximum absolute atomic E-state index is 12.3. The summed E-state index contributed by atoms with van der Waals surface area (Å²) in [5.74, 6) is 0.673. The fourth-order valence-corrected chi connectivity index (χ4v) is 2.30. The lowest BCUT2D eigenvalue weighted by molar-refractivity contribution is -0.131. The maximum atomic E-state index is 12.3. The molecule has 0 saturated heterocycles. The smallest absolute Gasteiger partial charge is 0.243 e. The van der Waals surface area contributed by atoms with E-state index in [1.54, 1.807) is 24.1 Å². The summed E-state index contributed by atoms with van der Waals surface area (Å²) in [6.45, 7) is 1.12. The third-order valence-corrected chi connectivity index (χ3v) is 3.77. The van der Waals surface area contributed by atoms with Gasteiger partial charge in [-0.3, -0.25) is 4.79 Å². The molecule has 6 heteroatoms. The van der Waals surface area contributed by atoms with Gasteiger partial charge in [0, 0.05) is 18.6 Å². The van der Waals surface area contributed by atoms with Crippen LogP contribution in [0.15, 0.2) is 54.6 Å². The first-order valence-electron chi connectivity index (χ1n) is 7.52. The van der Waals surface area contributed by atoms with Crippen molar-refractivity contribution < 1.29 is 9.53 Å². The van der Waals surface area contributed by atoms with Crippen LogP contribution in [0.3, 0.4) is 0 Å². The van der Waals surface area contributed by atoms with Crippen LogP contribution < -0.4 is 10.5 Å². The van der Waals surface area contributed by atoms with E-state index in [4.69, 9.17) is 22.1 Å². The Kier molecular flexibility index (Phi) is 8.61. The van der Waals surface area contributed by atoms with Crippen LogP contribution in [0.5, 0.6) is 5.75 Å². The van der Waals surface area contributed by atoms with Crippen LogP contribution in [-0.2, 0) is 4.79 Å². The SMILES string of the molecule is CN(CCCOc1ccc(Cl)cc1)C(=O)C(N)c1ccccc1.Cl. The number of hydrogen-bond donors (Lipinski definition) is 1. The highest BCUT2D eigenvalue weighted by atomic mass is 35.5. The number of carbonyl (C=O) groups excluding carboxylic acids is 1. The zero-order valence-corrected chi connectivity index (χ0v) is 15.1. The molecule has 0 aromatic heterocycles. The molecule has 1 unspecified atom stereocenters. The van der Waals surface area contributed by atoms with Gasteiger partial charge in [-0.25, -0.2) is 0 Å². The van der Waals surface area contributed by atoms with Crippen molar-refractivity contribution in [1.29, 1.82) is 0 Å². The lowest BCUT2D eigenvalue weighted by atomic mass is 10.1. The van der Waals surface area contributed by atoms with Gasteiger partial charge < -0.3 is 15.4 Å². The molecule has 0 aliphatic rings. The lowest BCUT2D eigenvalue weighted by Crippen LogP contribution is -2.36. The van der Waals surface area contributed by atoms with Crippen LogP contribution in [0.25, 0.3) is 0 Å². The number of ether oxygens (including phenoxy) is 1. The summed E-state index contributed by atoms with van der Waals surface area (Å²) < 4.78 is 5.61. The van der Waals surface area contributed by atoms with Gasteiger partial charge in [-0.15, -0.1) is 12.4 Å². The first kappa shape index (κ1) is 20.3. The van der Waals surface area contributed by atoms with Crippen LogP contribution in [0.2, 0.25) is 5.02 Å². The van der Waals surface area contributed by atoms with Crippen LogP contribution >= 0.6 is 24.0 Å². The van der Waals surface area contributed by atoms with Gasteiger partial charge in [0.2, 0.25) is 5.91 Å². The molecular formula is C18H22Cl2N2O2. The second kappa shape index (κ2) is 10.2. The second-order valence-electron chi connectivity index (χ2n) is 5.30. The number of amides is 1. The number of carbonyl (C=O) groups is 1. The molecule has 0 radical (unpaired) electrons. The quantitative estimate of drug-likeness (QED) is 0.758. The largest absolute Gasteiger partial charge is 0.494 e. The third-order valence-electron chi connectivity index (χ3n) is 3.52. The minimum Gasteiger partial charge on any atom is -0.494 e. The summed E-state index contributed by atoms with van der Waals surface area (Å²) in [5, 5.41) is 0.678. The molecule has 2 aromatic carbocycles. The van der Waals surface area contributed by atoms with E-state index in [0.29, 0.717) is 18.2 Å². The Bertz CT molecular complexity index is 621. The normalized spacial score (nSPS) is 11.3. The van der Waals surface area contributed by atoms with Gasteiger partial charge in [-0.2, -0.15) is 0 Å². The van der Waals surface area contributed by atoms with Gasteiger partial charge in [0.05, 0.1) is 6.61 Å².